The lowest BCUT2D eigenvalue weighted by atomic mass is 9.90. The number of rotatable bonds is 3. The minimum absolute atomic E-state index is 0.0375. The largest absolute Gasteiger partial charge is 0.484 e. The van der Waals surface area contributed by atoms with Crippen molar-refractivity contribution in [3.05, 3.63) is 29.3 Å². The molecule has 0 aliphatic heterocycles. The molecule has 4 nitrogen and oxygen atoms in total. The average Bonchev–Trinajstić information content (AvgIpc) is 2.35. The van der Waals surface area contributed by atoms with E-state index < -0.39 is 0 Å². The molecular weight excluding hydrogens is 254 g/mol. The van der Waals surface area contributed by atoms with Crippen LogP contribution in [0.1, 0.15) is 49.5 Å². The molecule has 0 atom stereocenters. The third kappa shape index (κ3) is 3.83. The van der Waals surface area contributed by atoms with Gasteiger partial charge in [0.1, 0.15) is 5.75 Å². The molecule has 108 valence electrons. The van der Waals surface area contributed by atoms with Crippen LogP contribution in [0, 0.1) is 0 Å². The Morgan fingerprint density at radius 1 is 1.30 bits per heavy atom. The highest BCUT2D eigenvalue weighted by atomic mass is 16.5. The molecule has 0 unspecified atom stereocenters. The molecule has 20 heavy (non-hydrogen) atoms. The Labute approximate surface area is 119 Å². The summed E-state index contributed by atoms with van der Waals surface area (Å²) < 4.78 is 5.46. The van der Waals surface area contributed by atoms with Crippen molar-refractivity contribution >= 4 is 11.7 Å². The van der Waals surface area contributed by atoms with Crippen LogP contribution in [0.3, 0.4) is 0 Å². The van der Waals surface area contributed by atoms with Crippen LogP contribution in [0.5, 0.6) is 5.75 Å². The van der Waals surface area contributed by atoms with Crippen LogP contribution >= 0.6 is 0 Å². The first-order chi connectivity index (χ1) is 9.35. The van der Waals surface area contributed by atoms with Crippen molar-refractivity contribution in [2.75, 3.05) is 6.61 Å². The van der Waals surface area contributed by atoms with Crippen molar-refractivity contribution in [1.82, 2.24) is 5.32 Å². The summed E-state index contributed by atoms with van der Waals surface area (Å²) in [6.07, 6.45) is 2.45. The van der Waals surface area contributed by atoms with Crippen molar-refractivity contribution in [2.45, 2.75) is 45.6 Å². The maximum Gasteiger partial charge on any atom is 0.258 e. The van der Waals surface area contributed by atoms with Gasteiger partial charge >= 0.3 is 0 Å². The summed E-state index contributed by atoms with van der Waals surface area (Å²) in [5.41, 5.74) is 1.55. The van der Waals surface area contributed by atoms with Gasteiger partial charge in [0.2, 0.25) is 0 Å². The van der Waals surface area contributed by atoms with Crippen LogP contribution in [0.25, 0.3) is 0 Å². The van der Waals surface area contributed by atoms with Gasteiger partial charge in [0.25, 0.3) is 5.91 Å². The van der Waals surface area contributed by atoms with E-state index in [1.165, 1.54) is 0 Å². The fraction of sp³-hybridized carbons (Fsp3) is 0.500. The monoisotopic (exact) mass is 275 g/mol. The van der Waals surface area contributed by atoms with E-state index >= 15 is 0 Å². The zero-order valence-corrected chi connectivity index (χ0v) is 12.3. The second kappa shape index (κ2) is 5.65. The van der Waals surface area contributed by atoms with E-state index in [1.807, 2.05) is 32.9 Å². The predicted molar refractivity (Wildman–Crippen MR) is 77.1 cm³/mol. The molecule has 1 N–H and O–H groups in total. The second-order valence-corrected chi connectivity index (χ2v) is 6.18. The summed E-state index contributed by atoms with van der Waals surface area (Å²) in [4.78, 5) is 23.5. The van der Waals surface area contributed by atoms with Crippen LogP contribution in [0.4, 0.5) is 0 Å². The molecular formula is C16H21NO3. The van der Waals surface area contributed by atoms with Crippen LogP contribution in [0.2, 0.25) is 0 Å². The first-order valence-electron chi connectivity index (χ1n) is 6.95. The molecule has 0 saturated carbocycles. The average molecular weight is 275 g/mol. The summed E-state index contributed by atoms with van der Waals surface area (Å²) >= 11 is 0. The highest BCUT2D eigenvalue weighted by molar-refractivity contribution is 5.98. The normalized spacial score (nSPS) is 14.7. The number of carbonyl (C=O) groups is 2. The van der Waals surface area contributed by atoms with Gasteiger partial charge in [0.15, 0.2) is 12.4 Å². The topological polar surface area (TPSA) is 55.4 Å². The zero-order chi connectivity index (χ0) is 14.8. The molecule has 1 aromatic rings. The Hall–Kier alpha value is -1.84. The van der Waals surface area contributed by atoms with Crippen molar-refractivity contribution in [3.63, 3.8) is 0 Å². The quantitative estimate of drug-likeness (QED) is 0.922. The number of ether oxygens (including phenoxy) is 1. The number of Topliss-reactive ketones (excluding diaryl/α,β-unsaturated/α-hetero) is 1. The van der Waals surface area contributed by atoms with Gasteiger partial charge in [-0.1, -0.05) is 6.07 Å². The van der Waals surface area contributed by atoms with Gasteiger partial charge in [0.05, 0.1) is 0 Å². The molecule has 4 heteroatoms. The van der Waals surface area contributed by atoms with E-state index in [2.05, 4.69) is 5.32 Å². The number of carbonyl (C=O) groups excluding carboxylic acids is 2. The number of hydrogen-bond acceptors (Lipinski definition) is 3. The molecule has 0 radical (unpaired) electrons. The highest BCUT2D eigenvalue weighted by Crippen LogP contribution is 2.25. The third-order valence-corrected chi connectivity index (χ3v) is 3.12. The van der Waals surface area contributed by atoms with Crippen LogP contribution in [0.15, 0.2) is 18.2 Å². The Morgan fingerprint density at radius 3 is 2.75 bits per heavy atom. The first kappa shape index (κ1) is 14.6. The molecule has 0 aromatic heterocycles. The van der Waals surface area contributed by atoms with Gasteiger partial charge in [-0.05, 0) is 51.3 Å². The van der Waals surface area contributed by atoms with Crippen LogP contribution in [-0.4, -0.2) is 23.8 Å². The SMILES string of the molecule is CC(C)(C)NC(=O)COc1ccc2c(c1)C(=O)CCC2. The van der Waals surface area contributed by atoms with Gasteiger partial charge in [-0.3, -0.25) is 9.59 Å². The lowest BCUT2D eigenvalue weighted by Crippen LogP contribution is -2.43. The molecule has 0 fully saturated rings. The van der Waals surface area contributed by atoms with E-state index in [4.69, 9.17) is 4.74 Å². The van der Waals surface area contributed by atoms with Crippen LogP contribution in [-0.2, 0) is 11.2 Å². The maximum atomic E-state index is 11.8. The number of ketones is 1. The fourth-order valence-corrected chi connectivity index (χ4v) is 2.30. The summed E-state index contributed by atoms with van der Waals surface area (Å²) in [5.74, 6) is 0.570. The summed E-state index contributed by atoms with van der Waals surface area (Å²) in [6, 6.07) is 5.49. The van der Waals surface area contributed by atoms with E-state index in [1.54, 1.807) is 6.07 Å². The lowest BCUT2D eigenvalue weighted by molar-refractivity contribution is -0.124. The second-order valence-electron chi connectivity index (χ2n) is 6.18. The van der Waals surface area contributed by atoms with Gasteiger partial charge in [-0.2, -0.15) is 0 Å². The van der Waals surface area contributed by atoms with E-state index in [9.17, 15) is 9.59 Å². The number of aryl methyl sites for hydroxylation is 1. The van der Waals surface area contributed by atoms with Gasteiger partial charge in [-0.25, -0.2) is 0 Å². The maximum absolute atomic E-state index is 11.8. The minimum atomic E-state index is -0.272. The van der Waals surface area contributed by atoms with Crippen LogP contribution < -0.4 is 10.1 Å². The Bertz CT molecular complexity index is 529. The van der Waals surface area contributed by atoms with E-state index in [-0.39, 0.29) is 23.8 Å². The number of amides is 1. The molecule has 0 saturated heterocycles. The zero-order valence-electron chi connectivity index (χ0n) is 12.3. The molecule has 1 aromatic carbocycles. The third-order valence-electron chi connectivity index (χ3n) is 3.12. The Balaban J connectivity index is 1.99. The molecule has 2 rings (SSSR count). The van der Waals surface area contributed by atoms with Crippen molar-refractivity contribution < 1.29 is 14.3 Å². The van der Waals surface area contributed by atoms with Gasteiger partial charge < -0.3 is 10.1 Å². The van der Waals surface area contributed by atoms with E-state index in [0.717, 1.165) is 24.0 Å². The standard InChI is InChI=1S/C16H21NO3/c1-16(2,3)17-15(19)10-20-12-8-7-11-5-4-6-14(18)13(11)9-12/h7-9H,4-6,10H2,1-3H3,(H,17,19). The molecule has 1 aliphatic rings. The molecule has 0 bridgehead atoms. The highest BCUT2D eigenvalue weighted by Gasteiger charge is 2.18. The number of hydrogen-bond donors (Lipinski definition) is 1. The minimum Gasteiger partial charge on any atom is -0.484 e. The molecule has 0 heterocycles. The first-order valence-corrected chi connectivity index (χ1v) is 6.95. The molecule has 1 aliphatic carbocycles. The Kier molecular flexibility index (Phi) is 4.12. The number of fused-ring (bicyclic) bond motifs is 1. The lowest BCUT2D eigenvalue weighted by Gasteiger charge is -2.21. The van der Waals surface area contributed by atoms with Gasteiger partial charge in [-0.15, -0.1) is 0 Å². The van der Waals surface area contributed by atoms with Crippen molar-refractivity contribution in [1.29, 1.82) is 0 Å². The van der Waals surface area contributed by atoms with Crippen molar-refractivity contribution in [3.8, 4) is 5.75 Å². The summed E-state index contributed by atoms with van der Waals surface area (Å²) in [7, 11) is 0. The van der Waals surface area contributed by atoms with Crippen molar-refractivity contribution in [2.24, 2.45) is 0 Å². The van der Waals surface area contributed by atoms with E-state index in [0.29, 0.717) is 12.2 Å². The molecule has 1 amide bonds. The number of benzene rings is 1. The summed E-state index contributed by atoms with van der Waals surface area (Å²) in [6.45, 7) is 5.72. The predicted octanol–water partition coefficient (Wildman–Crippen LogP) is 2.50. The Morgan fingerprint density at radius 2 is 2.05 bits per heavy atom. The smallest absolute Gasteiger partial charge is 0.258 e. The summed E-state index contributed by atoms with van der Waals surface area (Å²) in [5, 5.41) is 2.83. The van der Waals surface area contributed by atoms with Gasteiger partial charge in [0, 0.05) is 17.5 Å². The molecule has 0 spiro atoms. The fourth-order valence-electron chi connectivity index (χ4n) is 2.30. The number of nitrogens with one attached hydrogen (secondary N) is 1.